The van der Waals surface area contributed by atoms with Crippen LogP contribution < -0.4 is 10.1 Å². The molecule has 0 aliphatic rings. The van der Waals surface area contributed by atoms with Crippen molar-refractivity contribution in [2.75, 3.05) is 11.9 Å². The number of aromatic nitrogens is 2. The number of benzene rings is 2. The van der Waals surface area contributed by atoms with Gasteiger partial charge in [-0.2, -0.15) is 0 Å². The van der Waals surface area contributed by atoms with Crippen LogP contribution in [0.15, 0.2) is 54.9 Å². The summed E-state index contributed by atoms with van der Waals surface area (Å²) in [5, 5.41) is 4.83. The van der Waals surface area contributed by atoms with Crippen LogP contribution in [0.3, 0.4) is 0 Å². The highest BCUT2D eigenvalue weighted by Crippen LogP contribution is 2.35. The van der Waals surface area contributed by atoms with Gasteiger partial charge in [0, 0.05) is 10.7 Å². The monoisotopic (exact) mass is 453 g/mol. The first-order valence-corrected chi connectivity index (χ1v) is 10.9. The SMILES string of the molecule is CCOC(=O)c1sc2ncnc(Nc3ccc(OCc4ccc(Cl)cc4)cc3)c2c1C. The summed E-state index contributed by atoms with van der Waals surface area (Å²) in [6.07, 6.45) is 1.49. The highest BCUT2D eigenvalue weighted by Gasteiger charge is 2.20. The van der Waals surface area contributed by atoms with E-state index in [-0.39, 0.29) is 5.97 Å². The van der Waals surface area contributed by atoms with Gasteiger partial charge in [-0.15, -0.1) is 11.3 Å². The summed E-state index contributed by atoms with van der Waals surface area (Å²) >= 11 is 7.22. The lowest BCUT2D eigenvalue weighted by Gasteiger charge is -2.10. The second-order valence-corrected chi connectivity index (χ2v) is 8.18. The van der Waals surface area contributed by atoms with E-state index >= 15 is 0 Å². The highest BCUT2D eigenvalue weighted by atomic mass is 35.5. The standard InChI is InChI=1S/C23H20ClN3O3S/c1-3-29-23(28)20-14(2)19-21(25-13-26-22(19)31-20)27-17-8-10-18(11-9-17)30-12-15-4-6-16(24)7-5-15/h4-11,13H,3,12H2,1-2H3,(H,25,26,27). The van der Waals surface area contributed by atoms with Crippen molar-refractivity contribution >= 4 is 50.6 Å². The Bertz CT molecular complexity index is 1210. The van der Waals surface area contributed by atoms with E-state index in [2.05, 4.69) is 15.3 Å². The number of hydrogen-bond acceptors (Lipinski definition) is 7. The Labute approximate surface area is 188 Å². The van der Waals surface area contributed by atoms with Crippen LogP contribution >= 0.6 is 22.9 Å². The molecule has 0 saturated heterocycles. The number of carbonyl (C=O) groups is 1. The van der Waals surface area contributed by atoms with Crippen LogP contribution in [0.5, 0.6) is 5.75 Å². The highest BCUT2D eigenvalue weighted by molar-refractivity contribution is 7.20. The average Bonchev–Trinajstić information content (AvgIpc) is 3.12. The number of anilines is 2. The fraction of sp³-hybridized carbons (Fsp3) is 0.174. The van der Waals surface area contributed by atoms with Crippen LogP contribution in [0.25, 0.3) is 10.2 Å². The van der Waals surface area contributed by atoms with Crippen molar-refractivity contribution in [1.29, 1.82) is 0 Å². The van der Waals surface area contributed by atoms with Crippen LogP contribution in [-0.4, -0.2) is 22.5 Å². The first kappa shape index (κ1) is 21.1. The zero-order chi connectivity index (χ0) is 21.8. The van der Waals surface area contributed by atoms with E-state index < -0.39 is 0 Å². The number of carbonyl (C=O) groups excluding carboxylic acids is 1. The molecule has 2 heterocycles. The molecule has 0 aliphatic carbocycles. The first-order chi connectivity index (χ1) is 15.0. The van der Waals surface area contributed by atoms with Crippen LogP contribution in [0.2, 0.25) is 5.02 Å². The quantitative estimate of drug-likeness (QED) is 0.338. The minimum atomic E-state index is -0.337. The van der Waals surface area contributed by atoms with Crippen molar-refractivity contribution in [3.05, 3.63) is 75.9 Å². The maximum atomic E-state index is 12.2. The van der Waals surface area contributed by atoms with Crippen LogP contribution in [0, 0.1) is 6.92 Å². The summed E-state index contributed by atoms with van der Waals surface area (Å²) in [6, 6.07) is 15.2. The molecule has 0 atom stereocenters. The van der Waals surface area contributed by atoms with Gasteiger partial charge in [-0.05, 0) is 61.4 Å². The van der Waals surface area contributed by atoms with Gasteiger partial charge in [0.15, 0.2) is 0 Å². The van der Waals surface area contributed by atoms with Gasteiger partial charge < -0.3 is 14.8 Å². The van der Waals surface area contributed by atoms with Crippen molar-refractivity contribution in [2.45, 2.75) is 20.5 Å². The third kappa shape index (κ3) is 4.78. The fourth-order valence-electron chi connectivity index (χ4n) is 3.08. The summed E-state index contributed by atoms with van der Waals surface area (Å²) in [5.41, 5.74) is 2.70. The van der Waals surface area contributed by atoms with E-state index in [4.69, 9.17) is 21.1 Å². The molecule has 6 nitrogen and oxygen atoms in total. The van der Waals surface area contributed by atoms with E-state index in [9.17, 15) is 4.79 Å². The van der Waals surface area contributed by atoms with Crippen LogP contribution in [0.1, 0.15) is 27.7 Å². The maximum Gasteiger partial charge on any atom is 0.348 e. The maximum absolute atomic E-state index is 12.2. The van der Waals surface area contributed by atoms with Crippen molar-refractivity contribution in [1.82, 2.24) is 9.97 Å². The molecule has 8 heteroatoms. The number of halogens is 1. The topological polar surface area (TPSA) is 73.3 Å². The van der Waals surface area contributed by atoms with Gasteiger partial charge >= 0.3 is 5.97 Å². The summed E-state index contributed by atoms with van der Waals surface area (Å²) in [6.45, 7) is 4.46. The Kier molecular flexibility index (Phi) is 6.34. The number of thiophene rings is 1. The second-order valence-electron chi connectivity index (χ2n) is 6.74. The van der Waals surface area contributed by atoms with Crippen molar-refractivity contribution < 1.29 is 14.3 Å². The minimum Gasteiger partial charge on any atom is -0.489 e. The number of fused-ring (bicyclic) bond motifs is 1. The zero-order valence-electron chi connectivity index (χ0n) is 17.0. The number of ether oxygens (including phenoxy) is 2. The summed E-state index contributed by atoms with van der Waals surface area (Å²) in [7, 11) is 0. The fourth-order valence-corrected chi connectivity index (χ4v) is 4.24. The third-order valence-corrected chi connectivity index (χ3v) is 6.06. The molecule has 0 aliphatic heterocycles. The number of esters is 1. The molecule has 0 unspecified atom stereocenters. The number of nitrogens with one attached hydrogen (secondary N) is 1. The van der Waals surface area contributed by atoms with E-state index in [1.165, 1.54) is 17.7 Å². The number of nitrogens with zero attached hydrogens (tertiary/aromatic N) is 2. The molecule has 0 spiro atoms. The Balaban J connectivity index is 1.50. The lowest BCUT2D eigenvalue weighted by Crippen LogP contribution is -2.03. The molecular weight excluding hydrogens is 434 g/mol. The van der Waals surface area contributed by atoms with Crippen molar-refractivity contribution in [3.63, 3.8) is 0 Å². The van der Waals surface area contributed by atoms with Crippen LogP contribution in [-0.2, 0) is 11.3 Å². The largest absolute Gasteiger partial charge is 0.489 e. The van der Waals surface area contributed by atoms with Gasteiger partial charge in [-0.1, -0.05) is 23.7 Å². The summed E-state index contributed by atoms with van der Waals surface area (Å²) < 4.78 is 11.0. The average molecular weight is 454 g/mol. The minimum absolute atomic E-state index is 0.329. The molecule has 0 radical (unpaired) electrons. The third-order valence-electron chi connectivity index (χ3n) is 4.62. The zero-order valence-corrected chi connectivity index (χ0v) is 18.6. The number of aryl methyl sites for hydroxylation is 1. The van der Waals surface area contributed by atoms with E-state index in [0.717, 1.165) is 32.8 Å². The number of rotatable bonds is 7. The molecule has 2 aromatic carbocycles. The van der Waals surface area contributed by atoms with Gasteiger partial charge in [-0.25, -0.2) is 14.8 Å². The van der Waals surface area contributed by atoms with Gasteiger partial charge in [0.05, 0.1) is 12.0 Å². The lowest BCUT2D eigenvalue weighted by atomic mass is 10.2. The molecule has 0 bridgehead atoms. The van der Waals surface area contributed by atoms with E-state index in [1.807, 2.05) is 55.5 Å². The Morgan fingerprint density at radius 2 is 1.84 bits per heavy atom. The van der Waals surface area contributed by atoms with Gasteiger partial charge in [0.1, 0.15) is 34.2 Å². The number of hydrogen-bond donors (Lipinski definition) is 1. The van der Waals surface area contributed by atoms with Crippen molar-refractivity contribution in [2.24, 2.45) is 0 Å². The lowest BCUT2D eigenvalue weighted by molar-refractivity contribution is 0.0531. The Hall–Kier alpha value is -3.16. The van der Waals surface area contributed by atoms with E-state index in [0.29, 0.717) is 28.9 Å². The molecule has 2 aromatic heterocycles. The molecule has 4 rings (SSSR count). The van der Waals surface area contributed by atoms with Crippen LogP contribution in [0.4, 0.5) is 11.5 Å². The molecule has 4 aromatic rings. The van der Waals surface area contributed by atoms with Gasteiger partial charge in [0.2, 0.25) is 0 Å². The van der Waals surface area contributed by atoms with Gasteiger partial charge in [-0.3, -0.25) is 0 Å². The summed E-state index contributed by atoms with van der Waals surface area (Å²) in [4.78, 5) is 22.2. The normalized spacial score (nSPS) is 10.8. The predicted molar refractivity (Wildman–Crippen MR) is 124 cm³/mol. The Morgan fingerprint density at radius 3 is 2.55 bits per heavy atom. The first-order valence-electron chi connectivity index (χ1n) is 9.70. The molecular formula is C23H20ClN3O3S. The molecule has 158 valence electrons. The second kappa shape index (κ2) is 9.32. The Morgan fingerprint density at radius 1 is 1.10 bits per heavy atom. The molecule has 0 saturated carbocycles. The molecule has 1 N–H and O–H groups in total. The predicted octanol–water partition coefficient (Wildman–Crippen LogP) is 6.15. The molecule has 0 fully saturated rings. The molecule has 0 amide bonds. The smallest absolute Gasteiger partial charge is 0.348 e. The van der Waals surface area contributed by atoms with Crippen molar-refractivity contribution in [3.8, 4) is 5.75 Å². The summed E-state index contributed by atoms with van der Waals surface area (Å²) in [5.74, 6) is 1.06. The molecule has 31 heavy (non-hydrogen) atoms. The van der Waals surface area contributed by atoms with E-state index in [1.54, 1.807) is 6.92 Å². The van der Waals surface area contributed by atoms with Gasteiger partial charge in [0.25, 0.3) is 0 Å².